The van der Waals surface area contributed by atoms with Crippen molar-refractivity contribution in [3.05, 3.63) is 48.4 Å². The number of H-pyrrole nitrogens is 1. The lowest BCUT2D eigenvalue weighted by Crippen LogP contribution is -2.10. The van der Waals surface area contributed by atoms with E-state index >= 15 is 0 Å². The summed E-state index contributed by atoms with van der Waals surface area (Å²) in [5, 5.41) is 3.71. The Kier molecular flexibility index (Phi) is 2.81. The minimum Gasteiger partial charge on any atom is -0.361 e. The van der Waals surface area contributed by atoms with Crippen LogP contribution in [0.15, 0.2) is 42.7 Å². The van der Waals surface area contributed by atoms with E-state index in [1.807, 2.05) is 12.1 Å². The first-order valence-electron chi connectivity index (χ1n) is 5.77. The molecule has 0 atom stereocenters. The van der Waals surface area contributed by atoms with Crippen molar-refractivity contribution in [1.82, 2.24) is 15.0 Å². The summed E-state index contributed by atoms with van der Waals surface area (Å²) in [5.74, 6) is -0.0882. The van der Waals surface area contributed by atoms with E-state index in [0.717, 1.165) is 23.2 Å². The first kappa shape index (κ1) is 12.5. The second-order valence-electron chi connectivity index (χ2n) is 4.17. The molecule has 0 fully saturated rings. The van der Waals surface area contributed by atoms with Crippen LogP contribution in [0.4, 0.5) is 24.8 Å². The zero-order chi connectivity index (χ0) is 14.2. The molecule has 102 valence electrons. The minimum atomic E-state index is -4.48. The maximum absolute atomic E-state index is 12.6. The highest BCUT2D eigenvalue weighted by Gasteiger charge is 2.32. The van der Waals surface area contributed by atoms with Gasteiger partial charge in [-0.25, -0.2) is 9.97 Å². The molecule has 0 aliphatic rings. The molecule has 0 aliphatic heterocycles. The molecule has 0 spiro atoms. The van der Waals surface area contributed by atoms with Crippen LogP contribution in [0.1, 0.15) is 5.69 Å². The van der Waals surface area contributed by atoms with E-state index in [2.05, 4.69) is 20.3 Å². The number of hydrogen-bond acceptors (Lipinski definition) is 3. The molecule has 0 amide bonds. The Morgan fingerprint density at radius 2 is 1.95 bits per heavy atom. The number of anilines is 2. The molecular weight excluding hydrogens is 269 g/mol. The van der Waals surface area contributed by atoms with E-state index in [4.69, 9.17) is 0 Å². The van der Waals surface area contributed by atoms with E-state index in [0.29, 0.717) is 5.69 Å². The molecule has 0 bridgehead atoms. The monoisotopic (exact) mass is 278 g/mol. The van der Waals surface area contributed by atoms with Gasteiger partial charge < -0.3 is 10.3 Å². The summed E-state index contributed by atoms with van der Waals surface area (Å²) in [6.45, 7) is 0. The van der Waals surface area contributed by atoms with Crippen molar-refractivity contribution in [1.29, 1.82) is 0 Å². The molecule has 0 unspecified atom stereocenters. The SMILES string of the molecule is FC(F)(F)c1ccnc(Nc2ccc3[nH]ccc3c2)n1. The number of aromatic nitrogens is 3. The van der Waals surface area contributed by atoms with Gasteiger partial charge in [-0.15, -0.1) is 0 Å². The standard InChI is InChI=1S/C13H9F3N4/c14-13(15,16)11-4-6-18-12(20-11)19-9-1-2-10-8(7-9)3-5-17-10/h1-7,17H,(H,18,19,20). The van der Waals surface area contributed by atoms with Gasteiger partial charge in [-0.2, -0.15) is 13.2 Å². The average molecular weight is 278 g/mol. The molecule has 3 aromatic rings. The molecule has 3 rings (SSSR count). The van der Waals surface area contributed by atoms with Gasteiger partial charge >= 0.3 is 6.18 Å². The molecule has 0 radical (unpaired) electrons. The van der Waals surface area contributed by atoms with Gasteiger partial charge in [0.25, 0.3) is 0 Å². The van der Waals surface area contributed by atoms with Gasteiger partial charge in [-0.1, -0.05) is 0 Å². The van der Waals surface area contributed by atoms with Crippen LogP contribution < -0.4 is 5.32 Å². The van der Waals surface area contributed by atoms with Gasteiger partial charge in [-0.05, 0) is 30.3 Å². The Labute approximate surface area is 111 Å². The molecule has 7 heteroatoms. The quantitative estimate of drug-likeness (QED) is 0.751. The zero-order valence-electron chi connectivity index (χ0n) is 10.1. The van der Waals surface area contributed by atoms with Crippen LogP contribution >= 0.6 is 0 Å². The van der Waals surface area contributed by atoms with E-state index in [1.165, 1.54) is 0 Å². The summed E-state index contributed by atoms with van der Waals surface area (Å²) in [5.41, 5.74) is 0.592. The molecule has 2 N–H and O–H groups in total. The summed E-state index contributed by atoms with van der Waals surface area (Å²) in [7, 11) is 0. The largest absolute Gasteiger partial charge is 0.433 e. The van der Waals surface area contributed by atoms with Crippen LogP contribution in [0.3, 0.4) is 0 Å². The molecule has 0 saturated carbocycles. The van der Waals surface area contributed by atoms with E-state index < -0.39 is 11.9 Å². The Hall–Kier alpha value is -2.57. The predicted molar refractivity (Wildman–Crippen MR) is 68.6 cm³/mol. The highest BCUT2D eigenvalue weighted by atomic mass is 19.4. The first-order chi connectivity index (χ1) is 9.52. The van der Waals surface area contributed by atoms with Crippen LogP contribution in [0.2, 0.25) is 0 Å². The Morgan fingerprint density at radius 3 is 2.75 bits per heavy atom. The maximum Gasteiger partial charge on any atom is 0.433 e. The Bertz CT molecular complexity index is 748. The van der Waals surface area contributed by atoms with Crippen LogP contribution in [-0.2, 0) is 6.18 Å². The molecule has 1 aromatic carbocycles. The fourth-order valence-electron chi connectivity index (χ4n) is 1.84. The number of alkyl halides is 3. The predicted octanol–water partition coefficient (Wildman–Crippen LogP) is 3.72. The minimum absolute atomic E-state index is 0.0882. The van der Waals surface area contributed by atoms with Gasteiger partial charge in [0, 0.05) is 29.0 Å². The van der Waals surface area contributed by atoms with Gasteiger partial charge in [-0.3, -0.25) is 0 Å². The summed E-state index contributed by atoms with van der Waals surface area (Å²) < 4.78 is 37.7. The molecule has 2 aromatic heterocycles. The second kappa shape index (κ2) is 4.52. The number of nitrogens with one attached hydrogen (secondary N) is 2. The van der Waals surface area contributed by atoms with Crippen molar-refractivity contribution in [3.63, 3.8) is 0 Å². The molecular formula is C13H9F3N4. The lowest BCUT2D eigenvalue weighted by molar-refractivity contribution is -0.141. The number of fused-ring (bicyclic) bond motifs is 1. The summed E-state index contributed by atoms with van der Waals surface area (Å²) in [4.78, 5) is 10.3. The fourth-order valence-corrected chi connectivity index (χ4v) is 1.84. The third kappa shape index (κ3) is 2.42. The van der Waals surface area contributed by atoms with E-state index in [1.54, 1.807) is 18.3 Å². The zero-order valence-corrected chi connectivity index (χ0v) is 10.1. The lowest BCUT2D eigenvalue weighted by Gasteiger charge is -2.08. The number of benzene rings is 1. The highest BCUT2D eigenvalue weighted by Crippen LogP contribution is 2.28. The van der Waals surface area contributed by atoms with Crippen LogP contribution in [-0.4, -0.2) is 15.0 Å². The number of aromatic amines is 1. The number of nitrogens with zero attached hydrogens (tertiary/aromatic N) is 2. The van der Waals surface area contributed by atoms with Gasteiger partial charge in [0.05, 0.1) is 0 Å². The van der Waals surface area contributed by atoms with Crippen LogP contribution in [0, 0.1) is 0 Å². The Balaban J connectivity index is 1.90. The molecule has 2 heterocycles. The lowest BCUT2D eigenvalue weighted by atomic mass is 10.2. The van der Waals surface area contributed by atoms with Crippen molar-refractivity contribution < 1.29 is 13.2 Å². The van der Waals surface area contributed by atoms with Crippen molar-refractivity contribution in [2.45, 2.75) is 6.18 Å². The smallest absolute Gasteiger partial charge is 0.361 e. The molecule has 20 heavy (non-hydrogen) atoms. The van der Waals surface area contributed by atoms with Crippen molar-refractivity contribution in [2.24, 2.45) is 0 Å². The number of hydrogen-bond donors (Lipinski definition) is 2. The van der Waals surface area contributed by atoms with Gasteiger partial charge in [0.2, 0.25) is 5.95 Å². The highest BCUT2D eigenvalue weighted by molar-refractivity contribution is 5.83. The normalized spacial score (nSPS) is 11.8. The second-order valence-corrected chi connectivity index (χ2v) is 4.17. The number of rotatable bonds is 2. The third-order valence-electron chi connectivity index (χ3n) is 2.76. The topological polar surface area (TPSA) is 53.6 Å². The van der Waals surface area contributed by atoms with Crippen molar-refractivity contribution in [2.75, 3.05) is 5.32 Å². The van der Waals surface area contributed by atoms with Crippen LogP contribution in [0.25, 0.3) is 10.9 Å². The first-order valence-corrected chi connectivity index (χ1v) is 5.77. The number of halogens is 3. The summed E-state index contributed by atoms with van der Waals surface area (Å²) >= 11 is 0. The maximum atomic E-state index is 12.6. The van der Waals surface area contributed by atoms with Crippen LogP contribution in [0.5, 0.6) is 0 Å². The van der Waals surface area contributed by atoms with Crippen molar-refractivity contribution in [3.8, 4) is 0 Å². The van der Waals surface area contributed by atoms with Gasteiger partial charge in [0.15, 0.2) is 0 Å². The molecule has 0 saturated heterocycles. The fraction of sp³-hybridized carbons (Fsp3) is 0.0769. The van der Waals surface area contributed by atoms with Gasteiger partial charge in [0.1, 0.15) is 5.69 Å². The average Bonchev–Trinajstić information content (AvgIpc) is 2.85. The molecule has 4 nitrogen and oxygen atoms in total. The summed E-state index contributed by atoms with van der Waals surface area (Å²) in [6, 6.07) is 8.07. The Morgan fingerprint density at radius 1 is 1.10 bits per heavy atom. The van der Waals surface area contributed by atoms with E-state index in [-0.39, 0.29) is 5.95 Å². The molecule has 0 aliphatic carbocycles. The van der Waals surface area contributed by atoms with Crippen molar-refractivity contribution >= 4 is 22.5 Å². The summed E-state index contributed by atoms with van der Waals surface area (Å²) in [6.07, 6.45) is -1.62. The third-order valence-corrected chi connectivity index (χ3v) is 2.76. The van der Waals surface area contributed by atoms with E-state index in [9.17, 15) is 13.2 Å².